The fourth-order valence-corrected chi connectivity index (χ4v) is 2.22. The molecule has 0 aromatic heterocycles. The summed E-state index contributed by atoms with van der Waals surface area (Å²) in [5.41, 5.74) is 3.79. The summed E-state index contributed by atoms with van der Waals surface area (Å²) >= 11 is 5.84. The van der Waals surface area contributed by atoms with Gasteiger partial charge in [0, 0.05) is 10.6 Å². The summed E-state index contributed by atoms with van der Waals surface area (Å²) in [6, 6.07) is 13.3. The summed E-state index contributed by atoms with van der Waals surface area (Å²) in [6.07, 6.45) is -0.471. The molecule has 0 amide bonds. The number of aryl methyl sites for hydroxylation is 2. The average molecular weight is 303 g/mol. The van der Waals surface area contributed by atoms with Crippen LogP contribution in [-0.2, 0) is 11.3 Å². The van der Waals surface area contributed by atoms with Crippen molar-refractivity contribution in [3.05, 3.63) is 69.7 Å². The standard InChI is InChI=1S/C18H19ClO2/c1-12-4-5-13(2)17(10-12)18(20)14(3)21-11-15-6-8-16(19)9-7-15/h4-10,14H,11H2,1-3H3. The van der Waals surface area contributed by atoms with Gasteiger partial charge in [-0.1, -0.05) is 41.4 Å². The smallest absolute Gasteiger partial charge is 0.191 e. The number of hydrogen-bond acceptors (Lipinski definition) is 2. The molecule has 1 unspecified atom stereocenters. The van der Waals surface area contributed by atoms with E-state index in [2.05, 4.69) is 0 Å². The Balaban J connectivity index is 2.02. The van der Waals surface area contributed by atoms with Crippen LogP contribution in [0.15, 0.2) is 42.5 Å². The Hall–Kier alpha value is -1.64. The van der Waals surface area contributed by atoms with E-state index in [1.165, 1.54) is 0 Å². The van der Waals surface area contributed by atoms with Crippen molar-refractivity contribution in [1.29, 1.82) is 0 Å². The van der Waals surface area contributed by atoms with E-state index in [-0.39, 0.29) is 5.78 Å². The molecule has 0 saturated heterocycles. The second-order valence-electron chi connectivity index (χ2n) is 5.26. The van der Waals surface area contributed by atoms with Gasteiger partial charge < -0.3 is 4.74 Å². The Kier molecular flexibility index (Phi) is 5.16. The minimum absolute atomic E-state index is 0.0187. The Morgan fingerprint density at radius 1 is 1.14 bits per heavy atom. The molecule has 0 aliphatic heterocycles. The Morgan fingerprint density at radius 3 is 2.48 bits per heavy atom. The first-order chi connectivity index (χ1) is 9.97. The number of benzene rings is 2. The van der Waals surface area contributed by atoms with Crippen LogP contribution in [0.4, 0.5) is 0 Å². The van der Waals surface area contributed by atoms with Gasteiger partial charge in [0.1, 0.15) is 6.10 Å². The lowest BCUT2D eigenvalue weighted by atomic mass is 9.99. The molecule has 2 nitrogen and oxygen atoms in total. The number of Topliss-reactive ketones (excluding diaryl/α,β-unsaturated/α-hetero) is 1. The van der Waals surface area contributed by atoms with E-state index in [1.807, 2.05) is 56.3 Å². The zero-order valence-electron chi connectivity index (χ0n) is 12.5. The second kappa shape index (κ2) is 6.88. The highest BCUT2D eigenvalue weighted by atomic mass is 35.5. The molecule has 0 aliphatic carbocycles. The van der Waals surface area contributed by atoms with Gasteiger partial charge in [0.15, 0.2) is 5.78 Å². The van der Waals surface area contributed by atoms with E-state index >= 15 is 0 Å². The predicted octanol–water partition coefficient (Wildman–Crippen LogP) is 4.74. The normalized spacial score (nSPS) is 12.2. The first-order valence-electron chi connectivity index (χ1n) is 6.95. The highest BCUT2D eigenvalue weighted by molar-refractivity contribution is 6.30. The maximum absolute atomic E-state index is 12.4. The SMILES string of the molecule is Cc1ccc(C)c(C(=O)C(C)OCc2ccc(Cl)cc2)c1. The van der Waals surface area contributed by atoms with Crippen molar-refractivity contribution in [3.8, 4) is 0 Å². The van der Waals surface area contributed by atoms with Crippen LogP contribution in [0.3, 0.4) is 0 Å². The molecule has 0 spiro atoms. The van der Waals surface area contributed by atoms with E-state index < -0.39 is 6.10 Å². The molecule has 2 rings (SSSR count). The molecule has 2 aromatic rings. The number of carbonyl (C=O) groups excluding carboxylic acids is 1. The average Bonchev–Trinajstić information content (AvgIpc) is 2.48. The lowest BCUT2D eigenvalue weighted by Crippen LogP contribution is -2.21. The number of ketones is 1. The van der Waals surface area contributed by atoms with E-state index in [0.29, 0.717) is 11.6 Å². The molecule has 3 heteroatoms. The van der Waals surface area contributed by atoms with Gasteiger partial charge in [-0.2, -0.15) is 0 Å². The fourth-order valence-electron chi connectivity index (χ4n) is 2.10. The quantitative estimate of drug-likeness (QED) is 0.745. The molecule has 2 aromatic carbocycles. The minimum Gasteiger partial charge on any atom is -0.366 e. The molecule has 0 fully saturated rings. The monoisotopic (exact) mass is 302 g/mol. The van der Waals surface area contributed by atoms with Crippen molar-refractivity contribution < 1.29 is 9.53 Å². The van der Waals surface area contributed by atoms with Crippen LogP contribution in [0.2, 0.25) is 5.02 Å². The fraction of sp³-hybridized carbons (Fsp3) is 0.278. The second-order valence-corrected chi connectivity index (χ2v) is 5.70. The molecule has 1 atom stereocenters. The van der Waals surface area contributed by atoms with Crippen LogP contribution in [0.25, 0.3) is 0 Å². The van der Waals surface area contributed by atoms with Gasteiger partial charge in [-0.05, 0) is 50.1 Å². The molecule has 0 bridgehead atoms. The maximum atomic E-state index is 12.4. The molecule has 110 valence electrons. The lowest BCUT2D eigenvalue weighted by Gasteiger charge is -2.14. The van der Waals surface area contributed by atoms with Crippen LogP contribution in [0, 0.1) is 13.8 Å². The minimum atomic E-state index is -0.471. The van der Waals surface area contributed by atoms with Crippen molar-refractivity contribution >= 4 is 17.4 Å². The van der Waals surface area contributed by atoms with Crippen LogP contribution in [0.5, 0.6) is 0 Å². The Morgan fingerprint density at radius 2 is 1.81 bits per heavy atom. The van der Waals surface area contributed by atoms with E-state index in [1.54, 1.807) is 6.92 Å². The number of hydrogen-bond donors (Lipinski definition) is 0. The van der Waals surface area contributed by atoms with Gasteiger partial charge in [-0.15, -0.1) is 0 Å². The molecule has 21 heavy (non-hydrogen) atoms. The largest absolute Gasteiger partial charge is 0.366 e. The van der Waals surface area contributed by atoms with Gasteiger partial charge in [-0.25, -0.2) is 0 Å². The first kappa shape index (κ1) is 15.7. The summed E-state index contributed by atoms with van der Waals surface area (Å²) in [7, 11) is 0. The van der Waals surface area contributed by atoms with Crippen molar-refractivity contribution in [3.63, 3.8) is 0 Å². The number of carbonyl (C=O) groups is 1. The van der Waals surface area contributed by atoms with Crippen LogP contribution in [0.1, 0.15) is 34.0 Å². The molecular formula is C18H19ClO2. The van der Waals surface area contributed by atoms with Crippen molar-refractivity contribution in [2.45, 2.75) is 33.5 Å². The summed E-state index contributed by atoms with van der Waals surface area (Å²) in [4.78, 5) is 12.4. The van der Waals surface area contributed by atoms with Crippen LogP contribution < -0.4 is 0 Å². The molecule has 0 N–H and O–H groups in total. The van der Waals surface area contributed by atoms with Crippen LogP contribution >= 0.6 is 11.6 Å². The zero-order valence-corrected chi connectivity index (χ0v) is 13.3. The summed E-state index contributed by atoms with van der Waals surface area (Å²) in [5, 5.41) is 0.693. The first-order valence-corrected chi connectivity index (χ1v) is 7.32. The Labute approximate surface area is 130 Å². The summed E-state index contributed by atoms with van der Waals surface area (Å²) < 4.78 is 5.69. The molecule has 0 heterocycles. The zero-order chi connectivity index (χ0) is 15.4. The summed E-state index contributed by atoms with van der Waals surface area (Å²) in [6.45, 7) is 6.11. The highest BCUT2D eigenvalue weighted by Gasteiger charge is 2.17. The van der Waals surface area contributed by atoms with E-state index in [9.17, 15) is 4.79 Å². The third kappa shape index (κ3) is 4.16. The van der Waals surface area contributed by atoms with Gasteiger partial charge in [-0.3, -0.25) is 4.79 Å². The molecule has 0 saturated carbocycles. The van der Waals surface area contributed by atoms with Gasteiger partial charge in [0.25, 0.3) is 0 Å². The van der Waals surface area contributed by atoms with Crippen molar-refractivity contribution in [2.75, 3.05) is 0 Å². The molecular weight excluding hydrogens is 284 g/mol. The van der Waals surface area contributed by atoms with Crippen molar-refractivity contribution in [2.24, 2.45) is 0 Å². The van der Waals surface area contributed by atoms with E-state index in [4.69, 9.17) is 16.3 Å². The van der Waals surface area contributed by atoms with Crippen molar-refractivity contribution in [1.82, 2.24) is 0 Å². The number of ether oxygens (including phenoxy) is 1. The maximum Gasteiger partial charge on any atom is 0.191 e. The van der Waals surface area contributed by atoms with Gasteiger partial charge >= 0.3 is 0 Å². The molecule has 0 radical (unpaired) electrons. The highest BCUT2D eigenvalue weighted by Crippen LogP contribution is 2.16. The third-order valence-electron chi connectivity index (χ3n) is 3.44. The van der Waals surface area contributed by atoms with Gasteiger partial charge in [0.2, 0.25) is 0 Å². The Bertz CT molecular complexity index is 632. The number of rotatable bonds is 5. The lowest BCUT2D eigenvalue weighted by molar-refractivity contribution is 0.0411. The third-order valence-corrected chi connectivity index (χ3v) is 3.69. The summed E-state index contributed by atoms with van der Waals surface area (Å²) in [5.74, 6) is 0.0187. The number of halogens is 1. The predicted molar refractivity (Wildman–Crippen MR) is 85.9 cm³/mol. The van der Waals surface area contributed by atoms with Gasteiger partial charge in [0.05, 0.1) is 6.61 Å². The van der Waals surface area contributed by atoms with E-state index in [0.717, 1.165) is 22.3 Å². The van der Waals surface area contributed by atoms with Crippen LogP contribution in [-0.4, -0.2) is 11.9 Å². The topological polar surface area (TPSA) is 26.3 Å². The molecule has 0 aliphatic rings.